The van der Waals surface area contributed by atoms with Gasteiger partial charge < -0.3 is 15.5 Å². The fourth-order valence-corrected chi connectivity index (χ4v) is 4.08. The molecule has 1 aromatic carbocycles. The second kappa shape index (κ2) is 8.48. The van der Waals surface area contributed by atoms with Gasteiger partial charge in [-0.25, -0.2) is 0 Å². The normalized spacial score (nSPS) is 21.1. The lowest BCUT2D eigenvalue weighted by molar-refractivity contribution is -0.136. The number of hydrogen-bond donors (Lipinski definition) is 1. The van der Waals surface area contributed by atoms with Crippen molar-refractivity contribution in [1.82, 2.24) is 9.80 Å². The molecular formula is C20H29N3O2. The van der Waals surface area contributed by atoms with E-state index in [0.29, 0.717) is 38.6 Å². The Morgan fingerprint density at radius 2 is 1.92 bits per heavy atom. The van der Waals surface area contributed by atoms with Crippen LogP contribution in [-0.4, -0.2) is 47.3 Å². The first-order valence-electron chi connectivity index (χ1n) is 9.51. The van der Waals surface area contributed by atoms with Crippen molar-refractivity contribution >= 4 is 11.8 Å². The zero-order valence-electron chi connectivity index (χ0n) is 14.9. The highest BCUT2D eigenvalue weighted by Crippen LogP contribution is 2.30. The van der Waals surface area contributed by atoms with Crippen LogP contribution in [0.2, 0.25) is 0 Å². The van der Waals surface area contributed by atoms with E-state index in [1.165, 1.54) is 12.8 Å². The predicted molar refractivity (Wildman–Crippen MR) is 97.6 cm³/mol. The lowest BCUT2D eigenvalue weighted by Gasteiger charge is -2.27. The molecule has 5 nitrogen and oxygen atoms in total. The highest BCUT2D eigenvalue weighted by Gasteiger charge is 2.39. The molecule has 0 spiro atoms. The zero-order chi connectivity index (χ0) is 17.6. The largest absolute Gasteiger partial charge is 0.339 e. The standard InChI is InChI=1S/C20H29N3O2/c21-11-6-12-22(14-16-7-2-1-3-8-16)20(25)17-13-19(24)23(15-17)18-9-4-5-10-18/h1-3,7-8,17-18H,4-6,9-15,21H2. The lowest BCUT2D eigenvalue weighted by atomic mass is 10.1. The Labute approximate surface area is 150 Å². The summed E-state index contributed by atoms with van der Waals surface area (Å²) in [5.74, 6) is 0.0597. The third kappa shape index (κ3) is 4.40. The second-order valence-corrected chi connectivity index (χ2v) is 7.27. The second-order valence-electron chi connectivity index (χ2n) is 7.27. The van der Waals surface area contributed by atoms with Crippen molar-refractivity contribution in [1.29, 1.82) is 0 Å². The van der Waals surface area contributed by atoms with Gasteiger partial charge in [0, 0.05) is 32.1 Å². The summed E-state index contributed by atoms with van der Waals surface area (Å²) in [6.45, 7) is 2.40. The minimum absolute atomic E-state index is 0.103. The SMILES string of the molecule is NCCCN(Cc1ccccc1)C(=O)C1CC(=O)N(C2CCCC2)C1. The average molecular weight is 343 g/mol. The molecule has 2 fully saturated rings. The van der Waals surface area contributed by atoms with Gasteiger partial charge in [0.05, 0.1) is 5.92 Å². The van der Waals surface area contributed by atoms with Crippen LogP contribution in [0.1, 0.15) is 44.1 Å². The van der Waals surface area contributed by atoms with Crippen LogP contribution in [0.4, 0.5) is 0 Å². The molecule has 2 N–H and O–H groups in total. The van der Waals surface area contributed by atoms with Crippen molar-refractivity contribution in [2.24, 2.45) is 11.7 Å². The quantitative estimate of drug-likeness (QED) is 0.825. The van der Waals surface area contributed by atoms with Gasteiger partial charge >= 0.3 is 0 Å². The minimum Gasteiger partial charge on any atom is -0.339 e. The van der Waals surface area contributed by atoms with Gasteiger partial charge in [-0.15, -0.1) is 0 Å². The van der Waals surface area contributed by atoms with Crippen molar-refractivity contribution in [3.05, 3.63) is 35.9 Å². The Kier molecular flexibility index (Phi) is 6.08. The van der Waals surface area contributed by atoms with Gasteiger partial charge in [-0.2, -0.15) is 0 Å². The first-order chi connectivity index (χ1) is 12.2. The maximum absolute atomic E-state index is 13.1. The van der Waals surface area contributed by atoms with Crippen LogP contribution in [0.25, 0.3) is 0 Å². The predicted octanol–water partition coefficient (Wildman–Crippen LogP) is 2.16. The maximum Gasteiger partial charge on any atom is 0.228 e. The molecule has 1 unspecified atom stereocenters. The molecule has 1 saturated heterocycles. The number of nitrogens with two attached hydrogens (primary N) is 1. The van der Waals surface area contributed by atoms with E-state index in [0.717, 1.165) is 24.8 Å². The molecule has 1 aromatic rings. The molecule has 5 heteroatoms. The molecule has 136 valence electrons. The molecule has 25 heavy (non-hydrogen) atoms. The molecule has 1 atom stereocenters. The van der Waals surface area contributed by atoms with Crippen LogP contribution in [0, 0.1) is 5.92 Å². The number of nitrogens with zero attached hydrogens (tertiary/aromatic N) is 2. The Balaban J connectivity index is 1.65. The number of rotatable bonds is 7. The summed E-state index contributed by atoms with van der Waals surface area (Å²) < 4.78 is 0. The van der Waals surface area contributed by atoms with E-state index in [9.17, 15) is 9.59 Å². The smallest absolute Gasteiger partial charge is 0.228 e. The number of benzene rings is 1. The number of carbonyl (C=O) groups is 2. The molecule has 0 bridgehead atoms. The van der Waals surface area contributed by atoms with Crippen molar-refractivity contribution in [2.75, 3.05) is 19.6 Å². The highest BCUT2D eigenvalue weighted by atomic mass is 16.2. The number of hydrogen-bond acceptors (Lipinski definition) is 3. The summed E-state index contributed by atoms with van der Waals surface area (Å²) in [6, 6.07) is 10.4. The fraction of sp³-hybridized carbons (Fsp3) is 0.600. The van der Waals surface area contributed by atoms with Gasteiger partial charge in [0.1, 0.15) is 0 Å². The number of likely N-dealkylation sites (tertiary alicyclic amines) is 1. The molecule has 0 radical (unpaired) electrons. The molecule has 1 heterocycles. The van der Waals surface area contributed by atoms with Gasteiger partial charge in [0.15, 0.2) is 0 Å². The molecule has 2 amide bonds. The van der Waals surface area contributed by atoms with E-state index < -0.39 is 0 Å². The van der Waals surface area contributed by atoms with E-state index in [1.54, 1.807) is 0 Å². The lowest BCUT2D eigenvalue weighted by Crippen LogP contribution is -2.39. The molecule has 3 rings (SSSR count). The van der Waals surface area contributed by atoms with Crippen molar-refractivity contribution < 1.29 is 9.59 Å². The van der Waals surface area contributed by atoms with E-state index in [4.69, 9.17) is 5.73 Å². The van der Waals surface area contributed by atoms with Crippen molar-refractivity contribution in [3.8, 4) is 0 Å². The molecule has 1 aliphatic carbocycles. The van der Waals surface area contributed by atoms with Gasteiger partial charge in [-0.3, -0.25) is 9.59 Å². The third-order valence-electron chi connectivity index (χ3n) is 5.43. The Bertz CT molecular complexity index is 584. The first-order valence-corrected chi connectivity index (χ1v) is 9.51. The Morgan fingerprint density at radius 1 is 1.20 bits per heavy atom. The minimum atomic E-state index is -0.199. The summed E-state index contributed by atoms with van der Waals surface area (Å²) >= 11 is 0. The zero-order valence-corrected chi connectivity index (χ0v) is 14.9. The van der Waals surface area contributed by atoms with Crippen LogP contribution >= 0.6 is 0 Å². The summed E-state index contributed by atoms with van der Waals surface area (Å²) in [5, 5.41) is 0. The average Bonchev–Trinajstić information content (AvgIpc) is 3.28. The number of carbonyl (C=O) groups excluding carboxylic acids is 2. The number of amides is 2. The fourth-order valence-electron chi connectivity index (χ4n) is 4.08. The highest BCUT2D eigenvalue weighted by molar-refractivity contribution is 5.89. The summed E-state index contributed by atoms with van der Waals surface area (Å²) in [4.78, 5) is 29.3. The van der Waals surface area contributed by atoms with E-state index >= 15 is 0 Å². The van der Waals surface area contributed by atoms with Crippen molar-refractivity contribution in [3.63, 3.8) is 0 Å². The molecule has 0 aromatic heterocycles. The summed E-state index contributed by atoms with van der Waals surface area (Å²) in [5.41, 5.74) is 6.77. The monoisotopic (exact) mass is 343 g/mol. The van der Waals surface area contributed by atoms with Crippen LogP contribution in [0.3, 0.4) is 0 Å². The Morgan fingerprint density at radius 3 is 2.60 bits per heavy atom. The molecule has 1 saturated carbocycles. The summed E-state index contributed by atoms with van der Waals surface area (Å²) in [6.07, 6.45) is 5.73. The molecule has 1 aliphatic heterocycles. The van der Waals surface area contributed by atoms with Gasteiger partial charge in [-0.1, -0.05) is 43.2 Å². The maximum atomic E-state index is 13.1. The topological polar surface area (TPSA) is 66.6 Å². The van der Waals surface area contributed by atoms with E-state index in [1.807, 2.05) is 40.1 Å². The van der Waals surface area contributed by atoms with Crippen molar-refractivity contribution in [2.45, 2.75) is 51.1 Å². The van der Waals surface area contributed by atoms with Crippen LogP contribution in [-0.2, 0) is 16.1 Å². The van der Waals surface area contributed by atoms with Gasteiger partial charge in [0.25, 0.3) is 0 Å². The Hall–Kier alpha value is -1.88. The molecule has 2 aliphatic rings. The van der Waals surface area contributed by atoms with Crippen LogP contribution < -0.4 is 5.73 Å². The van der Waals surface area contributed by atoms with Crippen LogP contribution in [0.5, 0.6) is 0 Å². The van der Waals surface area contributed by atoms with E-state index in [-0.39, 0.29) is 17.7 Å². The first kappa shape index (κ1) is 17.9. The summed E-state index contributed by atoms with van der Waals surface area (Å²) in [7, 11) is 0. The van der Waals surface area contributed by atoms with Gasteiger partial charge in [0.2, 0.25) is 11.8 Å². The molecular weight excluding hydrogens is 314 g/mol. The van der Waals surface area contributed by atoms with Crippen LogP contribution in [0.15, 0.2) is 30.3 Å². The van der Waals surface area contributed by atoms with E-state index in [2.05, 4.69) is 0 Å². The van der Waals surface area contributed by atoms with Gasteiger partial charge in [-0.05, 0) is 31.4 Å². The third-order valence-corrected chi connectivity index (χ3v) is 5.43.